The fourth-order valence-electron chi connectivity index (χ4n) is 3.88. The second-order valence-corrected chi connectivity index (χ2v) is 6.78. The molecule has 0 unspecified atom stereocenters. The molecule has 1 fully saturated rings. The third kappa shape index (κ3) is 2.98. The fraction of sp³-hybridized carbons (Fsp3) is 0.444. The molecule has 0 spiro atoms. The molecule has 1 amide bonds. The molecule has 0 aliphatic carbocycles. The largest absolute Gasteiger partial charge is 0.416 e. The van der Waals surface area contributed by atoms with Gasteiger partial charge in [0.2, 0.25) is 0 Å². The summed E-state index contributed by atoms with van der Waals surface area (Å²) < 4.78 is 39.7. The molecule has 1 saturated heterocycles. The summed E-state index contributed by atoms with van der Waals surface area (Å²) in [4.78, 5) is 14.4. The van der Waals surface area contributed by atoms with E-state index in [1.165, 1.54) is 6.07 Å². The number of hydrogen-bond acceptors (Lipinski definition) is 3. The second-order valence-electron chi connectivity index (χ2n) is 6.78. The van der Waals surface area contributed by atoms with Crippen molar-refractivity contribution in [2.45, 2.75) is 38.0 Å². The molecule has 1 aromatic carbocycles. The zero-order valence-corrected chi connectivity index (χ0v) is 14.1. The molecule has 8 heteroatoms. The van der Waals surface area contributed by atoms with Crippen LogP contribution in [0.25, 0.3) is 0 Å². The normalized spacial score (nSPS) is 18.2. The number of nitrogens with one attached hydrogen (secondary N) is 2. The molecule has 0 bridgehead atoms. The lowest BCUT2D eigenvalue weighted by atomic mass is 9.86. The molecule has 3 heterocycles. The van der Waals surface area contributed by atoms with Crippen molar-refractivity contribution in [3.8, 4) is 0 Å². The highest BCUT2D eigenvalue weighted by molar-refractivity contribution is 5.94. The molecule has 2 aliphatic rings. The number of H-pyrrole nitrogens is 1. The summed E-state index contributed by atoms with van der Waals surface area (Å²) >= 11 is 0. The Kier molecular flexibility index (Phi) is 4.22. The minimum atomic E-state index is -4.36. The van der Waals surface area contributed by atoms with Gasteiger partial charge in [0.15, 0.2) is 5.69 Å². The highest BCUT2D eigenvalue weighted by Crippen LogP contribution is 2.38. The molecular weight excluding hydrogens is 345 g/mol. The first-order chi connectivity index (χ1) is 12.4. The smallest absolute Gasteiger partial charge is 0.337 e. The number of aromatic amines is 1. The van der Waals surface area contributed by atoms with Crippen molar-refractivity contribution in [3.05, 3.63) is 52.3 Å². The first-order valence-electron chi connectivity index (χ1n) is 8.67. The summed E-state index contributed by atoms with van der Waals surface area (Å²) in [6, 6.07) is 5.74. The molecule has 2 aliphatic heterocycles. The summed E-state index contributed by atoms with van der Waals surface area (Å²) in [5.74, 6) is -0.336. The van der Waals surface area contributed by atoms with Crippen LogP contribution in [0.3, 0.4) is 0 Å². The van der Waals surface area contributed by atoms with E-state index in [9.17, 15) is 18.0 Å². The lowest BCUT2D eigenvalue weighted by Crippen LogP contribution is -2.38. The van der Waals surface area contributed by atoms with Crippen LogP contribution in [0.5, 0.6) is 0 Å². The molecular formula is C18H19F3N4O. The van der Waals surface area contributed by atoms with E-state index >= 15 is 0 Å². The van der Waals surface area contributed by atoms with E-state index in [1.54, 1.807) is 17.0 Å². The van der Waals surface area contributed by atoms with E-state index in [0.717, 1.165) is 17.3 Å². The highest BCUT2D eigenvalue weighted by atomic mass is 19.4. The highest BCUT2D eigenvalue weighted by Gasteiger charge is 2.36. The molecule has 0 saturated carbocycles. The maximum absolute atomic E-state index is 13.2. The summed E-state index contributed by atoms with van der Waals surface area (Å²) in [5.41, 5.74) is 2.03. The van der Waals surface area contributed by atoms with Crippen molar-refractivity contribution in [2.75, 3.05) is 13.1 Å². The molecule has 138 valence electrons. The SMILES string of the molecule is O=C(c1n[nH]c2c1CNC2)N1CCC(c2ccccc2C(F)(F)F)CC1. The van der Waals surface area contributed by atoms with E-state index in [-0.39, 0.29) is 11.8 Å². The van der Waals surface area contributed by atoms with Crippen molar-refractivity contribution in [2.24, 2.45) is 0 Å². The molecule has 4 rings (SSSR count). The van der Waals surface area contributed by atoms with E-state index < -0.39 is 11.7 Å². The number of rotatable bonds is 2. The number of carbonyl (C=O) groups excluding carboxylic acids is 1. The monoisotopic (exact) mass is 364 g/mol. The number of benzene rings is 1. The number of alkyl halides is 3. The molecule has 1 aromatic heterocycles. The zero-order chi connectivity index (χ0) is 18.3. The standard InChI is InChI=1S/C18H19F3N4O/c19-18(20,21)14-4-2-1-3-12(14)11-5-7-25(8-6-11)17(26)16-13-9-22-10-15(13)23-24-16/h1-4,11,22H,5-10H2,(H,23,24). The Morgan fingerprint density at radius 1 is 1.15 bits per heavy atom. The van der Waals surface area contributed by atoms with Gasteiger partial charge in [-0.3, -0.25) is 9.89 Å². The van der Waals surface area contributed by atoms with Gasteiger partial charge in [0.1, 0.15) is 0 Å². The molecule has 2 N–H and O–H groups in total. The second kappa shape index (κ2) is 6.42. The van der Waals surface area contributed by atoms with Gasteiger partial charge in [-0.2, -0.15) is 18.3 Å². The molecule has 2 aromatic rings. The number of nitrogens with zero attached hydrogens (tertiary/aromatic N) is 2. The molecule has 26 heavy (non-hydrogen) atoms. The number of likely N-dealkylation sites (tertiary alicyclic amines) is 1. The van der Waals surface area contributed by atoms with Crippen LogP contribution in [0, 0.1) is 0 Å². The quantitative estimate of drug-likeness (QED) is 0.861. The Balaban J connectivity index is 1.47. The lowest BCUT2D eigenvalue weighted by Gasteiger charge is -2.33. The minimum absolute atomic E-state index is 0.145. The number of piperidine rings is 1. The van der Waals surface area contributed by atoms with Crippen LogP contribution >= 0.6 is 0 Å². The van der Waals surface area contributed by atoms with Crippen molar-refractivity contribution < 1.29 is 18.0 Å². The van der Waals surface area contributed by atoms with Gasteiger partial charge >= 0.3 is 6.18 Å². The van der Waals surface area contributed by atoms with Crippen LogP contribution in [0.15, 0.2) is 24.3 Å². The first-order valence-corrected chi connectivity index (χ1v) is 8.67. The van der Waals surface area contributed by atoms with Gasteiger partial charge in [0.25, 0.3) is 5.91 Å². The zero-order valence-electron chi connectivity index (χ0n) is 14.1. The average molecular weight is 364 g/mol. The Morgan fingerprint density at radius 2 is 1.88 bits per heavy atom. The lowest BCUT2D eigenvalue weighted by molar-refractivity contribution is -0.138. The van der Waals surface area contributed by atoms with E-state index in [0.29, 0.717) is 50.3 Å². The maximum Gasteiger partial charge on any atom is 0.416 e. The predicted molar refractivity (Wildman–Crippen MR) is 88.5 cm³/mol. The number of fused-ring (bicyclic) bond motifs is 1. The number of amides is 1. The minimum Gasteiger partial charge on any atom is -0.337 e. The van der Waals surface area contributed by atoms with E-state index in [1.807, 2.05) is 0 Å². The van der Waals surface area contributed by atoms with Crippen molar-refractivity contribution in [1.82, 2.24) is 20.4 Å². The first kappa shape index (κ1) is 17.1. The van der Waals surface area contributed by atoms with Crippen LogP contribution in [-0.4, -0.2) is 34.1 Å². The van der Waals surface area contributed by atoms with Gasteiger partial charge < -0.3 is 10.2 Å². The van der Waals surface area contributed by atoms with Crippen LogP contribution in [0.4, 0.5) is 13.2 Å². The van der Waals surface area contributed by atoms with Gasteiger partial charge in [-0.05, 0) is 30.4 Å². The Morgan fingerprint density at radius 3 is 2.62 bits per heavy atom. The summed E-state index contributed by atoms with van der Waals surface area (Å²) in [7, 11) is 0. The van der Waals surface area contributed by atoms with Crippen molar-refractivity contribution in [1.29, 1.82) is 0 Å². The molecule has 5 nitrogen and oxygen atoms in total. The van der Waals surface area contributed by atoms with Crippen LogP contribution < -0.4 is 5.32 Å². The fourth-order valence-corrected chi connectivity index (χ4v) is 3.88. The van der Waals surface area contributed by atoms with Crippen LogP contribution in [0.2, 0.25) is 0 Å². The summed E-state index contributed by atoms with van der Waals surface area (Å²) in [6.07, 6.45) is -3.32. The van der Waals surface area contributed by atoms with Crippen molar-refractivity contribution in [3.63, 3.8) is 0 Å². The maximum atomic E-state index is 13.2. The van der Waals surface area contributed by atoms with E-state index in [4.69, 9.17) is 0 Å². The van der Waals surface area contributed by atoms with Gasteiger partial charge in [-0.25, -0.2) is 0 Å². The third-order valence-corrected chi connectivity index (χ3v) is 5.25. The Bertz CT molecular complexity index is 822. The van der Waals surface area contributed by atoms with Gasteiger partial charge in [-0.15, -0.1) is 0 Å². The van der Waals surface area contributed by atoms with Gasteiger partial charge in [0, 0.05) is 31.7 Å². The van der Waals surface area contributed by atoms with E-state index in [2.05, 4.69) is 15.5 Å². The molecule has 0 atom stereocenters. The summed E-state index contributed by atoms with van der Waals surface area (Å²) in [5, 5.41) is 10.2. The van der Waals surface area contributed by atoms with Crippen molar-refractivity contribution >= 4 is 5.91 Å². The summed E-state index contributed by atoms with van der Waals surface area (Å²) in [6.45, 7) is 2.16. The van der Waals surface area contributed by atoms with Gasteiger partial charge in [-0.1, -0.05) is 18.2 Å². The Hall–Kier alpha value is -2.35. The van der Waals surface area contributed by atoms with Crippen LogP contribution in [-0.2, 0) is 19.3 Å². The van der Waals surface area contributed by atoms with Gasteiger partial charge in [0.05, 0.1) is 11.3 Å². The number of halogens is 3. The molecule has 0 radical (unpaired) electrons. The number of carbonyl (C=O) groups is 1. The number of hydrogen-bond donors (Lipinski definition) is 2. The third-order valence-electron chi connectivity index (χ3n) is 5.25. The predicted octanol–water partition coefficient (Wildman–Crippen LogP) is 3.05. The van der Waals surface area contributed by atoms with Crippen LogP contribution in [0.1, 0.15) is 51.6 Å². The number of aromatic nitrogens is 2. The topological polar surface area (TPSA) is 61.0 Å². The average Bonchev–Trinajstić information content (AvgIpc) is 3.24. The Labute approximate surface area is 148 Å².